The second-order valence-electron chi connectivity index (χ2n) is 4.08. The predicted molar refractivity (Wildman–Crippen MR) is 90.0 cm³/mol. The second-order valence-corrected chi connectivity index (χ2v) is 5.25. The number of hydrogen-bond acceptors (Lipinski definition) is 5. The van der Waals surface area contributed by atoms with Crippen molar-refractivity contribution in [1.82, 2.24) is 4.98 Å². The first-order chi connectivity index (χ1) is 10.5. The molecule has 0 fully saturated rings. The lowest BCUT2D eigenvalue weighted by Gasteiger charge is -2.07. The molecule has 0 atom stereocenters. The molecule has 0 amide bonds. The zero-order valence-electron chi connectivity index (χ0n) is 11.7. The lowest BCUT2D eigenvalue weighted by molar-refractivity contribution is 0.355. The van der Waals surface area contributed by atoms with Crippen molar-refractivity contribution in [2.24, 2.45) is 5.10 Å². The quantitative estimate of drug-likeness (QED) is 0.484. The van der Waals surface area contributed by atoms with Gasteiger partial charge in [-0.1, -0.05) is 34.8 Å². The number of halogens is 3. The molecule has 1 aromatic heterocycles. The minimum atomic E-state index is 0.148. The highest BCUT2D eigenvalue weighted by Gasteiger charge is 2.07. The van der Waals surface area contributed by atoms with Gasteiger partial charge in [-0.05, 0) is 29.8 Å². The smallest absolute Gasteiger partial charge is 0.166 e. The van der Waals surface area contributed by atoms with E-state index in [0.717, 1.165) is 5.56 Å². The van der Waals surface area contributed by atoms with Crippen LogP contribution in [-0.4, -0.2) is 25.4 Å². The molecule has 0 radical (unpaired) electrons. The van der Waals surface area contributed by atoms with Crippen molar-refractivity contribution in [1.29, 1.82) is 0 Å². The van der Waals surface area contributed by atoms with Crippen LogP contribution in [-0.2, 0) is 0 Å². The van der Waals surface area contributed by atoms with Crippen LogP contribution in [0.5, 0.6) is 11.5 Å². The minimum absolute atomic E-state index is 0.148. The van der Waals surface area contributed by atoms with E-state index < -0.39 is 0 Å². The number of nitrogens with one attached hydrogen (secondary N) is 1. The summed E-state index contributed by atoms with van der Waals surface area (Å²) in [6.07, 6.45) is 1.59. The summed E-state index contributed by atoms with van der Waals surface area (Å²) < 4.78 is 10.4. The summed E-state index contributed by atoms with van der Waals surface area (Å²) >= 11 is 17.6. The average Bonchev–Trinajstić information content (AvgIpc) is 2.52. The van der Waals surface area contributed by atoms with Gasteiger partial charge in [-0.25, -0.2) is 4.98 Å². The molecule has 2 aromatic rings. The van der Waals surface area contributed by atoms with Crippen LogP contribution in [0.2, 0.25) is 15.2 Å². The molecule has 8 heteroatoms. The molecule has 0 spiro atoms. The summed E-state index contributed by atoms with van der Waals surface area (Å²) in [5, 5.41) is 4.80. The summed E-state index contributed by atoms with van der Waals surface area (Å²) in [4.78, 5) is 4.00. The molecule has 22 heavy (non-hydrogen) atoms. The Balaban J connectivity index is 2.14. The van der Waals surface area contributed by atoms with Crippen LogP contribution < -0.4 is 14.9 Å². The van der Waals surface area contributed by atoms with E-state index in [2.05, 4.69) is 15.5 Å². The van der Waals surface area contributed by atoms with Crippen LogP contribution in [0, 0.1) is 0 Å². The highest BCUT2D eigenvalue weighted by atomic mass is 35.5. The highest BCUT2D eigenvalue weighted by molar-refractivity contribution is 6.42. The van der Waals surface area contributed by atoms with Gasteiger partial charge in [-0.2, -0.15) is 5.10 Å². The fourth-order valence-electron chi connectivity index (χ4n) is 1.62. The van der Waals surface area contributed by atoms with Gasteiger partial charge in [-0.15, -0.1) is 0 Å². The molecule has 0 aliphatic rings. The first kappa shape index (κ1) is 16.7. The minimum Gasteiger partial charge on any atom is -0.493 e. The number of nitrogens with zero attached hydrogens (tertiary/aromatic N) is 2. The zero-order valence-corrected chi connectivity index (χ0v) is 14.0. The van der Waals surface area contributed by atoms with Gasteiger partial charge in [0.05, 0.1) is 30.5 Å². The SMILES string of the molecule is COc1ccc(C=NNc2nc(Cl)c(Cl)cc2Cl)cc1OC. The van der Waals surface area contributed by atoms with Crippen LogP contribution in [0.15, 0.2) is 29.4 Å². The van der Waals surface area contributed by atoms with Crippen LogP contribution in [0.4, 0.5) is 5.82 Å². The number of rotatable bonds is 5. The normalized spacial score (nSPS) is 10.8. The van der Waals surface area contributed by atoms with E-state index in [1.807, 2.05) is 6.07 Å². The van der Waals surface area contributed by atoms with Crippen molar-refractivity contribution < 1.29 is 9.47 Å². The van der Waals surface area contributed by atoms with Crippen LogP contribution in [0.1, 0.15) is 5.56 Å². The molecule has 1 N–H and O–H groups in total. The Morgan fingerprint density at radius 1 is 1.05 bits per heavy atom. The molecular weight excluding hydrogens is 349 g/mol. The molecule has 1 heterocycles. The van der Waals surface area contributed by atoms with Crippen LogP contribution in [0.25, 0.3) is 0 Å². The first-order valence-electron chi connectivity index (χ1n) is 6.07. The molecular formula is C14H12Cl3N3O2. The molecule has 2 rings (SSSR count). The molecule has 0 saturated heterocycles. The molecule has 0 bridgehead atoms. The van der Waals surface area contributed by atoms with Crippen molar-refractivity contribution >= 4 is 46.8 Å². The van der Waals surface area contributed by atoms with Gasteiger partial charge in [-0.3, -0.25) is 5.43 Å². The van der Waals surface area contributed by atoms with Crippen molar-refractivity contribution in [3.8, 4) is 11.5 Å². The van der Waals surface area contributed by atoms with E-state index in [1.54, 1.807) is 32.6 Å². The maximum atomic E-state index is 5.99. The van der Waals surface area contributed by atoms with Crippen molar-refractivity contribution in [2.45, 2.75) is 0 Å². The van der Waals surface area contributed by atoms with Gasteiger partial charge in [0, 0.05) is 0 Å². The average molecular weight is 361 g/mol. The largest absolute Gasteiger partial charge is 0.493 e. The van der Waals surface area contributed by atoms with Gasteiger partial charge in [0.15, 0.2) is 17.3 Å². The van der Waals surface area contributed by atoms with E-state index in [4.69, 9.17) is 44.3 Å². The summed E-state index contributed by atoms with van der Waals surface area (Å²) in [6, 6.07) is 6.89. The fraction of sp³-hybridized carbons (Fsp3) is 0.143. The Kier molecular flexibility index (Phi) is 5.71. The molecule has 0 saturated carbocycles. The lowest BCUT2D eigenvalue weighted by atomic mass is 10.2. The van der Waals surface area contributed by atoms with Gasteiger partial charge in [0.25, 0.3) is 0 Å². The molecule has 0 aliphatic heterocycles. The molecule has 0 unspecified atom stereocenters. The van der Waals surface area contributed by atoms with Gasteiger partial charge in [0.1, 0.15) is 5.15 Å². The number of hydrazone groups is 1. The van der Waals surface area contributed by atoms with Gasteiger partial charge < -0.3 is 9.47 Å². The summed E-state index contributed by atoms with van der Waals surface area (Å²) in [5.41, 5.74) is 3.51. The summed E-state index contributed by atoms with van der Waals surface area (Å²) in [6.45, 7) is 0. The Morgan fingerprint density at radius 3 is 2.45 bits per heavy atom. The topological polar surface area (TPSA) is 55.7 Å². The van der Waals surface area contributed by atoms with E-state index in [-0.39, 0.29) is 10.2 Å². The Bertz CT molecular complexity index is 708. The number of anilines is 1. The van der Waals surface area contributed by atoms with Gasteiger partial charge in [0.2, 0.25) is 0 Å². The first-order valence-corrected chi connectivity index (χ1v) is 7.21. The van der Waals surface area contributed by atoms with Crippen molar-refractivity contribution in [3.63, 3.8) is 0 Å². The van der Waals surface area contributed by atoms with E-state index in [9.17, 15) is 0 Å². The van der Waals surface area contributed by atoms with Crippen molar-refractivity contribution in [3.05, 3.63) is 45.0 Å². The van der Waals surface area contributed by atoms with E-state index in [1.165, 1.54) is 6.07 Å². The predicted octanol–water partition coefficient (Wildman–Crippen LogP) is 4.51. The number of aromatic nitrogens is 1. The third-order valence-electron chi connectivity index (χ3n) is 2.68. The molecule has 116 valence electrons. The Labute approximate surface area is 142 Å². The van der Waals surface area contributed by atoms with Crippen LogP contribution >= 0.6 is 34.8 Å². The van der Waals surface area contributed by atoms with E-state index in [0.29, 0.717) is 22.3 Å². The lowest BCUT2D eigenvalue weighted by Crippen LogP contribution is -1.96. The number of pyridine rings is 1. The van der Waals surface area contributed by atoms with Crippen molar-refractivity contribution in [2.75, 3.05) is 19.6 Å². The third-order valence-corrected chi connectivity index (χ3v) is 3.64. The third kappa shape index (κ3) is 3.94. The number of benzene rings is 1. The van der Waals surface area contributed by atoms with E-state index >= 15 is 0 Å². The monoisotopic (exact) mass is 359 g/mol. The summed E-state index contributed by atoms with van der Waals surface area (Å²) in [5.74, 6) is 1.56. The highest BCUT2D eigenvalue weighted by Crippen LogP contribution is 2.29. The maximum absolute atomic E-state index is 5.99. The standard InChI is InChI=1S/C14H12Cl3N3O2/c1-21-11-4-3-8(5-12(11)22-2)7-18-20-14-10(16)6-9(15)13(17)19-14/h3-7H,1-2H3,(H,19,20). The second kappa shape index (κ2) is 7.54. The number of hydrogen-bond donors (Lipinski definition) is 1. The number of ether oxygens (including phenoxy) is 2. The maximum Gasteiger partial charge on any atom is 0.166 e. The summed E-state index contributed by atoms with van der Waals surface area (Å²) in [7, 11) is 3.14. The molecule has 1 aromatic carbocycles. The van der Waals surface area contributed by atoms with Gasteiger partial charge >= 0.3 is 0 Å². The molecule has 5 nitrogen and oxygen atoms in total. The number of methoxy groups -OCH3 is 2. The Hall–Kier alpha value is -1.69. The Morgan fingerprint density at radius 2 is 1.77 bits per heavy atom. The fourth-order valence-corrected chi connectivity index (χ4v) is 2.16. The van der Waals surface area contributed by atoms with Crippen LogP contribution in [0.3, 0.4) is 0 Å². The molecule has 0 aliphatic carbocycles. The zero-order chi connectivity index (χ0) is 16.1.